The van der Waals surface area contributed by atoms with Crippen LogP contribution < -0.4 is 11.2 Å². The number of benzene rings is 3. The van der Waals surface area contributed by atoms with Crippen molar-refractivity contribution in [1.82, 2.24) is 9.55 Å². The Morgan fingerprint density at radius 1 is 0.738 bits per heavy atom. The molecule has 1 N–H and O–H groups in total. The molecule has 1 aliphatic rings. The highest BCUT2D eigenvalue weighted by atomic mass is 79.9. The minimum Gasteiger partial charge on any atom is -0.459 e. The predicted molar refractivity (Wildman–Crippen MR) is 151 cm³/mol. The lowest BCUT2D eigenvalue weighted by Crippen LogP contribution is -2.43. The third-order valence-electron chi connectivity index (χ3n) is 6.38. The number of hydrogen-bond donors (Lipinski definition) is 1. The molecule has 5 rings (SSSR count). The molecule has 0 spiro atoms. The number of halogens is 1. The average molecular weight is 635 g/mol. The Kier molecular flexibility index (Phi) is 8.74. The van der Waals surface area contributed by atoms with Gasteiger partial charge in [-0.15, -0.1) is 0 Å². The number of carbonyl (C=O) groups is 3. The third-order valence-corrected chi connectivity index (χ3v) is 6.94. The fourth-order valence-corrected chi connectivity index (χ4v) is 4.65. The van der Waals surface area contributed by atoms with Gasteiger partial charge in [0.1, 0.15) is 12.7 Å². The Hall–Kier alpha value is -4.81. The van der Waals surface area contributed by atoms with Crippen LogP contribution in [-0.2, 0) is 18.9 Å². The van der Waals surface area contributed by atoms with Crippen LogP contribution in [0.3, 0.4) is 0 Å². The lowest BCUT2D eigenvalue weighted by molar-refractivity contribution is -0.0641. The van der Waals surface area contributed by atoms with Crippen molar-refractivity contribution in [3.63, 3.8) is 0 Å². The van der Waals surface area contributed by atoms with Gasteiger partial charge in [-0.2, -0.15) is 0 Å². The lowest BCUT2D eigenvalue weighted by atomic mass is 10.1. The number of ether oxygens (including phenoxy) is 4. The second kappa shape index (κ2) is 12.8. The number of esters is 3. The van der Waals surface area contributed by atoms with Crippen molar-refractivity contribution in [3.05, 3.63) is 139 Å². The van der Waals surface area contributed by atoms with Crippen molar-refractivity contribution >= 4 is 33.8 Å². The molecule has 3 aromatic carbocycles. The maximum atomic E-state index is 13.2. The minimum atomic E-state index is -1.40. The van der Waals surface area contributed by atoms with Gasteiger partial charge in [-0.05, 0) is 52.3 Å². The summed E-state index contributed by atoms with van der Waals surface area (Å²) in [6, 6.07) is 24.4. The van der Waals surface area contributed by atoms with Crippen molar-refractivity contribution in [2.75, 3.05) is 6.61 Å². The van der Waals surface area contributed by atoms with E-state index in [-0.39, 0.29) is 21.2 Å². The molecule has 1 aliphatic heterocycles. The predicted octanol–water partition coefficient (Wildman–Crippen LogP) is 3.50. The Morgan fingerprint density at radius 3 is 1.74 bits per heavy atom. The first-order valence-corrected chi connectivity index (χ1v) is 13.5. The number of nitrogens with one attached hydrogen (secondary N) is 1. The molecule has 11 nitrogen and oxygen atoms in total. The fourth-order valence-electron chi connectivity index (χ4n) is 4.33. The largest absolute Gasteiger partial charge is 0.459 e. The summed E-state index contributed by atoms with van der Waals surface area (Å²) in [5.41, 5.74) is -0.884. The van der Waals surface area contributed by atoms with Gasteiger partial charge in [0, 0.05) is 6.20 Å². The summed E-state index contributed by atoms with van der Waals surface area (Å²) in [6.45, 7) is -0.421. The van der Waals surface area contributed by atoms with E-state index in [1.807, 2.05) is 0 Å². The summed E-state index contributed by atoms with van der Waals surface area (Å²) >= 11 is 3.09. The van der Waals surface area contributed by atoms with Crippen LogP contribution in [-0.4, -0.2) is 52.4 Å². The SMILES string of the molecule is O=C(OC[C@H]1O[C@@H](n2cc(Br)c(=O)[nH]c2=O)[C@H](OC(=O)c2ccccc2)[C@@H]1OC(=O)c1ccccc1)c1ccccc1. The van der Waals surface area contributed by atoms with Gasteiger partial charge in [0.15, 0.2) is 18.4 Å². The van der Waals surface area contributed by atoms with Crippen LogP contribution >= 0.6 is 15.9 Å². The highest BCUT2D eigenvalue weighted by molar-refractivity contribution is 9.10. The molecule has 0 unspecified atom stereocenters. The van der Waals surface area contributed by atoms with Crippen LogP contribution in [0.4, 0.5) is 0 Å². The molecule has 4 atom stereocenters. The second-order valence-corrected chi connectivity index (χ2v) is 10.00. The standard InChI is InChI=1S/C30H23BrN2O9/c31-21-16-33(30(38)32-25(21)34)26-24(42-29(37)20-14-8-3-9-15-20)23(41-28(36)19-12-6-2-7-13-19)22(40-26)17-39-27(35)18-10-4-1-5-11-18/h1-16,22-24,26H,17H2,(H,32,34,38)/t22-,23-,24-,26-/m1/s1. The second-order valence-electron chi connectivity index (χ2n) is 9.15. The van der Waals surface area contributed by atoms with E-state index in [0.717, 1.165) is 4.57 Å². The Morgan fingerprint density at radius 2 is 1.21 bits per heavy atom. The van der Waals surface area contributed by atoms with E-state index in [1.165, 1.54) is 30.5 Å². The van der Waals surface area contributed by atoms with Gasteiger partial charge < -0.3 is 18.9 Å². The fraction of sp³-hybridized carbons (Fsp3) is 0.167. The zero-order chi connectivity index (χ0) is 29.6. The summed E-state index contributed by atoms with van der Waals surface area (Å²) in [6.07, 6.45) is -4.13. The molecule has 42 heavy (non-hydrogen) atoms. The van der Waals surface area contributed by atoms with Gasteiger partial charge in [-0.3, -0.25) is 14.3 Å². The van der Waals surface area contributed by atoms with Gasteiger partial charge in [0.25, 0.3) is 5.56 Å². The molecule has 0 radical (unpaired) electrons. The number of rotatable bonds is 8. The highest BCUT2D eigenvalue weighted by Gasteiger charge is 2.51. The number of carbonyl (C=O) groups excluding carboxylic acids is 3. The van der Waals surface area contributed by atoms with E-state index in [0.29, 0.717) is 0 Å². The normalized spacial score (nSPS) is 19.5. The van der Waals surface area contributed by atoms with Crippen molar-refractivity contribution in [1.29, 1.82) is 0 Å². The molecule has 1 aromatic heterocycles. The van der Waals surface area contributed by atoms with Crippen LogP contribution in [0.15, 0.2) is 111 Å². The Balaban J connectivity index is 1.52. The van der Waals surface area contributed by atoms with E-state index in [9.17, 15) is 24.0 Å². The van der Waals surface area contributed by atoms with E-state index >= 15 is 0 Å². The maximum Gasteiger partial charge on any atom is 0.338 e. The smallest absolute Gasteiger partial charge is 0.338 e. The van der Waals surface area contributed by atoms with Gasteiger partial charge in [-0.1, -0.05) is 54.6 Å². The monoisotopic (exact) mass is 634 g/mol. The van der Waals surface area contributed by atoms with Crippen LogP contribution in [0.5, 0.6) is 0 Å². The summed E-state index contributed by atoms with van der Waals surface area (Å²) in [5, 5.41) is 0. The molecule has 1 fully saturated rings. The average Bonchev–Trinajstić information content (AvgIpc) is 3.34. The summed E-state index contributed by atoms with van der Waals surface area (Å²) < 4.78 is 24.2. The van der Waals surface area contributed by atoms with E-state index in [1.54, 1.807) is 66.7 Å². The molecule has 214 valence electrons. The minimum absolute atomic E-state index is 0.00405. The van der Waals surface area contributed by atoms with E-state index in [4.69, 9.17) is 18.9 Å². The topological polar surface area (TPSA) is 143 Å². The molecule has 0 aliphatic carbocycles. The van der Waals surface area contributed by atoms with Crippen molar-refractivity contribution < 1.29 is 33.3 Å². The molecule has 2 heterocycles. The number of aromatic nitrogens is 2. The van der Waals surface area contributed by atoms with Crippen molar-refractivity contribution in [3.8, 4) is 0 Å². The number of hydrogen-bond acceptors (Lipinski definition) is 9. The number of H-pyrrole nitrogens is 1. The van der Waals surface area contributed by atoms with Gasteiger partial charge in [-0.25, -0.2) is 19.2 Å². The Bertz CT molecular complexity index is 1690. The number of nitrogens with zero attached hydrogens (tertiary/aromatic N) is 1. The first kappa shape index (κ1) is 28.7. The lowest BCUT2D eigenvalue weighted by Gasteiger charge is -2.25. The van der Waals surface area contributed by atoms with E-state index in [2.05, 4.69) is 20.9 Å². The third kappa shape index (κ3) is 6.40. The summed E-state index contributed by atoms with van der Waals surface area (Å²) in [4.78, 5) is 66.1. The van der Waals surface area contributed by atoms with Crippen molar-refractivity contribution in [2.45, 2.75) is 24.5 Å². The molecule has 1 saturated heterocycles. The van der Waals surface area contributed by atoms with E-state index < -0.39 is 60.3 Å². The van der Waals surface area contributed by atoms with Crippen LogP contribution in [0, 0.1) is 0 Å². The summed E-state index contributed by atoms with van der Waals surface area (Å²) in [7, 11) is 0. The van der Waals surface area contributed by atoms with Gasteiger partial charge >= 0.3 is 23.6 Å². The first-order chi connectivity index (χ1) is 20.3. The summed E-state index contributed by atoms with van der Waals surface area (Å²) in [5.74, 6) is -2.22. The van der Waals surface area contributed by atoms with Crippen LogP contribution in [0.2, 0.25) is 0 Å². The molecule has 0 amide bonds. The molecule has 0 bridgehead atoms. The highest BCUT2D eigenvalue weighted by Crippen LogP contribution is 2.35. The molecule has 0 saturated carbocycles. The van der Waals surface area contributed by atoms with Crippen LogP contribution in [0.25, 0.3) is 0 Å². The molecular formula is C30H23BrN2O9. The van der Waals surface area contributed by atoms with Gasteiger partial charge in [0.05, 0.1) is 21.2 Å². The molecule has 12 heteroatoms. The molecular weight excluding hydrogens is 612 g/mol. The van der Waals surface area contributed by atoms with Crippen molar-refractivity contribution in [2.24, 2.45) is 0 Å². The zero-order valence-corrected chi connectivity index (χ0v) is 23.3. The zero-order valence-electron chi connectivity index (χ0n) is 21.8. The Labute approximate surface area is 246 Å². The quantitative estimate of drug-likeness (QED) is 0.227. The molecule has 4 aromatic rings. The maximum absolute atomic E-state index is 13.2. The van der Waals surface area contributed by atoms with Gasteiger partial charge in [0.2, 0.25) is 0 Å². The first-order valence-electron chi connectivity index (χ1n) is 12.7. The number of aromatic amines is 1. The van der Waals surface area contributed by atoms with Crippen LogP contribution in [0.1, 0.15) is 37.3 Å².